The minimum atomic E-state index is -4.71. The molecule has 1 aliphatic carbocycles. The van der Waals surface area contributed by atoms with E-state index in [-0.39, 0.29) is 29.7 Å². The van der Waals surface area contributed by atoms with Gasteiger partial charge in [-0.05, 0) is 56.4 Å². The van der Waals surface area contributed by atoms with Crippen molar-refractivity contribution in [3.05, 3.63) is 30.2 Å². The van der Waals surface area contributed by atoms with Crippen LogP contribution in [-0.2, 0) is 11.0 Å². The molecule has 11 heteroatoms. The smallest absolute Gasteiger partial charge is 0.354 e. The first-order valence-corrected chi connectivity index (χ1v) is 10.2. The zero-order chi connectivity index (χ0) is 22.0. The summed E-state index contributed by atoms with van der Waals surface area (Å²) in [4.78, 5) is 29.8. The standard InChI is InChI=1S/C20H22F3N5O3/c21-20(22,23)18-26-16(27-31-18)12-6-8-14(9-7-12)25-19(30)28-10-2-1-3-15(28)11-24-17(29)13-4-5-13/h6-9,13,15H,1-5,10-11H2,(H,24,29)(H,25,30). The Morgan fingerprint density at radius 2 is 1.87 bits per heavy atom. The molecule has 8 nitrogen and oxygen atoms in total. The lowest BCUT2D eigenvalue weighted by Gasteiger charge is -2.35. The van der Waals surface area contributed by atoms with Gasteiger partial charge in [-0.2, -0.15) is 18.2 Å². The molecule has 1 aliphatic heterocycles. The summed E-state index contributed by atoms with van der Waals surface area (Å²) in [5, 5.41) is 9.08. The van der Waals surface area contributed by atoms with Crippen molar-refractivity contribution in [2.45, 2.75) is 44.3 Å². The number of benzene rings is 1. The molecule has 3 amide bonds. The number of halogens is 3. The number of urea groups is 1. The van der Waals surface area contributed by atoms with Crippen LogP contribution in [0.2, 0.25) is 0 Å². The molecule has 166 valence electrons. The first kappa shape index (κ1) is 21.1. The Kier molecular flexibility index (Phi) is 5.84. The fraction of sp³-hybridized carbons (Fsp3) is 0.500. The van der Waals surface area contributed by atoms with E-state index in [2.05, 4.69) is 25.3 Å². The van der Waals surface area contributed by atoms with Crippen LogP contribution in [-0.4, -0.2) is 46.1 Å². The highest BCUT2D eigenvalue weighted by atomic mass is 19.4. The molecule has 0 radical (unpaired) electrons. The van der Waals surface area contributed by atoms with Crippen LogP contribution < -0.4 is 10.6 Å². The number of piperidine rings is 1. The van der Waals surface area contributed by atoms with Crippen LogP contribution in [0.15, 0.2) is 28.8 Å². The monoisotopic (exact) mass is 437 g/mol. The van der Waals surface area contributed by atoms with E-state index >= 15 is 0 Å². The number of carbonyl (C=O) groups excluding carboxylic acids is 2. The van der Waals surface area contributed by atoms with Crippen LogP contribution in [0.4, 0.5) is 23.7 Å². The first-order chi connectivity index (χ1) is 14.8. The largest absolute Gasteiger partial charge is 0.471 e. The van der Waals surface area contributed by atoms with Gasteiger partial charge in [-0.1, -0.05) is 5.16 Å². The van der Waals surface area contributed by atoms with Gasteiger partial charge >= 0.3 is 18.1 Å². The molecular weight excluding hydrogens is 415 g/mol. The van der Waals surface area contributed by atoms with E-state index in [1.165, 1.54) is 12.1 Å². The lowest BCUT2D eigenvalue weighted by atomic mass is 10.0. The third kappa shape index (κ3) is 5.15. The van der Waals surface area contributed by atoms with Crippen molar-refractivity contribution in [2.24, 2.45) is 5.92 Å². The molecule has 1 saturated carbocycles. The summed E-state index contributed by atoms with van der Waals surface area (Å²) in [5.74, 6) is -1.43. The van der Waals surface area contributed by atoms with Crippen molar-refractivity contribution in [1.82, 2.24) is 20.4 Å². The maximum Gasteiger partial charge on any atom is 0.471 e. The zero-order valence-corrected chi connectivity index (χ0v) is 16.6. The minimum absolute atomic E-state index is 0.0525. The Labute approximate surface area is 176 Å². The maximum absolute atomic E-state index is 12.8. The molecule has 1 saturated heterocycles. The molecule has 2 aromatic rings. The average molecular weight is 437 g/mol. The number of carbonyl (C=O) groups is 2. The summed E-state index contributed by atoms with van der Waals surface area (Å²) in [5.41, 5.74) is 0.815. The van der Waals surface area contributed by atoms with Gasteiger partial charge in [0.2, 0.25) is 11.7 Å². The molecule has 1 atom stereocenters. The summed E-state index contributed by atoms with van der Waals surface area (Å²) >= 11 is 0. The van der Waals surface area contributed by atoms with E-state index in [9.17, 15) is 22.8 Å². The second kappa shape index (κ2) is 8.56. The Hall–Kier alpha value is -3.11. The second-order valence-electron chi connectivity index (χ2n) is 7.79. The Morgan fingerprint density at radius 3 is 2.52 bits per heavy atom. The Morgan fingerprint density at radius 1 is 1.13 bits per heavy atom. The summed E-state index contributed by atoms with van der Waals surface area (Å²) < 4.78 is 42.0. The summed E-state index contributed by atoms with van der Waals surface area (Å²) in [6.07, 6.45) is -0.152. The summed E-state index contributed by atoms with van der Waals surface area (Å²) in [6, 6.07) is 5.77. The molecule has 31 heavy (non-hydrogen) atoms. The Balaban J connectivity index is 1.36. The molecule has 0 spiro atoms. The van der Waals surface area contributed by atoms with Gasteiger partial charge in [0.05, 0.1) is 6.04 Å². The summed E-state index contributed by atoms with van der Waals surface area (Å²) in [6.45, 7) is 1.03. The quantitative estimate of drug-likeness (QED) is 0.744. The van der Waals surface area contributed by atoms with Crippen molar-refractivity contribution < 1.29 is 27.3 Å². The van der Waals surface area contributed by atoms with Gasteiger partial charge in [0, 0.05) is 30.3 Å². The van der Waals surface area contributed by atoms with Crippen molar-refractivity contribution in [3.8, 4) is 11.4 Å². The molecule has 1 aromatic heterocycles. The molecule has 2 aliphatic rings. The zero-order valence-electron chi connectivity index (χ0n) is 16.6. The van der Waals surface area contributed by atoms with Crippen LogP contribution in [0, 0.1) is 5.92 Å². The summed E-state index contributed by atoms with van der Waals surface area (Å²) in [7, 11) is 0. The highest BCUT2D eigenvalue weighted by molar-refractivity contribution is 5.90. The lowest BCUT2D eigenvalue weighted by molar-refractivity contribution is -0.159. The number of likely N-dealkylation sites (tertiary alicyclic amines) is 1. The predicted molar refractivity (Wildman–Crippen MR) is 104 cm³/mol. The minimum Gasteiger partial charge on any atom is -0.354 e. The van der Waals surface area contributed by atoms with Gasteiger partial charge in [0.15, 0.2) is 0 Å². The molecule has 1 aromatic carbocycles. The Bertz CT molecular complexity index is 940. The topological polar surface area (TPSA) is 100 Å². The van der Waals surface area contributed by atoms with E-state index in [1.807, 2.05) is 0 Å². The van der Waals surface area contributed by atoms with Gasteiger partial charge in [-0.15, -0.1) is 0 Å². The number of alkyl halides is 3. The maximum atomic E-state index is 12.8. The third-order valence-electron chi connectivity index (χ3n) is 5.41. The molecule has 4 rings (SSSR count). The first-order valence-electron chi connectivity index (χ1n) is 10.2. The van der Waals surface area contributed by atoms with Gasteiger partial charge < -0.3 is 20.1 Å². The van der Waals surface area contributed by atoms with E-state index in [1.54, 1.807) is 17.0 Å². The molecule has 2 heterocycles. The lowest BCUT2D eigenvalue weighted by Crippen LogP contribution is -2.51. The highest BCUT2D eigenvalue weighted by Crippen LogP contribution is 2.30. The number of rotatable bonds is 5. The van der Waals surface area contributed by atoms with Crippen LogP contribution in [0.5, 0.6) is 0 Å². The van der Waals surface area contributed by atoms with E-state index in [4.69, 9.17) is 0 Å². The van der Waals surface area contributed by atoms with E-state index in [0.717, 1.165) is 32.1 Å². The average Bonchev–Trinajstić information content (AvgIpc) is 3.48. The van der Waals surface area contributed by atoms with E-state index in [0.29, 0.717) is 24.3 Å². The number of amides is 3. The van der Waals surface area contributed by atoms with Crippen LogP contribution in [0.3, 0.4) is 0 Å². The highest BCUT2D eigenvalue weighted by Gasteiger charge is 2.38. The normalized spacial score (nSPS) is 19.2. The van der Waals surface area contributed by atoms with Crippen LogP contribution in [0.25, 0.3) is 11.4 Å². The molecule has 0 bridgehead atoms. The number of nitrogens with zero attached hydrogens (tertiary/aromatic N) is 3. The van der Waals surface area contributed by atoms with Gasteiger partial charge in [-0.25, -0.2) is 4.79 Å². The van der Waals surface area contributed by atoms with Crippen LogP contribution in [0.1, 0.15) is 38.0 Å². The fourth-order valence-electron chi connectivity index (χ4n) is 3.54. The van der Waals surface area contributed by atoms with Gasteiger partial charge in [0.1, 0.15) is 0 Å². The fourth-order valence-corrected chi connectivity index (χ4v) is 3.54. The number of nitrogens with one attached hydrogen (secondary N) is 2. The second-order valence-corrected chi connectivity index (χ2v) is 7.79. The van der Waals surface area contributed by atoms with Crippen molar-refractivity contribution in [3.63, 3.8) is 0 Å². The number of aromatic nitrogens is 2. The van der Waals surface area contributed by atoms with Gasteiger partial charge in [-0.3, -0.25) is 4.79 Å². The van der Waals surface area contributed by atoms with E-state index < -0.39 is 12.1 Å². The molecule has 2 N–H and O–H groups in total. The predicted octanol–water partition coefficient (Wildman–Crippen LogP) is 3.67. The molecule has 2 fully saturated rings. The van der Waals surface area contributed by atoms with Crippen molar-refractivity contribution in [2.75, 3.05) is 18.4 Å². The number of hydrogen-bond donors (Lipinski definition) is 2. The van der Waals surface area contributed by atoms with Crippen molar-refractivity contribution in [1.29, 1.82) is 0 Å². The SMILES string of the molecule is O=C(NCC1CCCCN1C(=O)Nc1ccc(-c2noc(C(F)(F)F)n2)cc1)C1CC1. The number of hydrogen-bond acceptors (Lipinski definition) is 5. The molecular formula is C20H22F3N5O3. The third-order valence-corrected chi connectivity index (χ3v) is 5.41. The van der Waals surface area contributed by atoms with Crippen molar-refractivity contribution >= 4 is 17.6 Å². The van der Waals surface area contributed by atoms with Gasteiger partial charge in [0.25, 0.3) is 0 Å². The number of anilines is 1. The molecule has 1 unspecified atom stereocenters. The van der Waals surface area contributed by atoms with Crippen LogP contribution >= 0.6 is 0 Å².